The molecule has 1 atom stereocenters. The normalized spacial score (nSPS) is 15.2. The Balaban J connectivity index is 1.95. The molecule has 0 amide bonds. The maximum Gasteiger partial charge on any atom is 0.137 e. The average Bonchev–Trinajstić information content (AvgIpc) is 2.88. The van der Waals surface area contributed by atoms with Gasteiger partial charge in [-0.25, -0.2) is 4.39 Å². The molecule has 0 heterocycles. The molecular weight excluding hydrogens is 271 g/mol. The fraction of sp³-hybridized carbons (Fsp3) is 0.294. The van der Waals surface area contributed by atoms with Gasteiger partial charge in [-0.1, -0.05) is 30.0 Å². The first-order valence-corrected chi connectivity index (χ1v) is 7.73. The molecule has 0 radical (unpaired) electrons. The van der Waals surface area contributed by atoms with Crippen molar-refractivity contribution in [3.8, 4) is 0 Å². The Morgan fingerprint density at radius 2 is 1.95 bits per heavy atom. The van der Waals surface area contributed by atoms with Crippen LogP contribution in [0, 0.1) is 5.82 Å². The molecule has 0 fully saturated rings. The Morgan fingerprint density at radius 1 is 1.15 bits per heavy atom. The van der Waals surface area contributed by atoms with Crippen LogP contribution in [0.25, 0.3) is 0 Å². The lowest BCUT2D eigenvalue weighted by molar-refractivity contribution is 0.195. The summed E-state index contributed by atoms with van der Waals surface area (Å²) in [6.45, 7) is 1.67. The number of benzene rings is 2. The third kappa shape index (κ3) is 2.60. The molecule has 20 heavy (non-hydrogen) atoms. The van der Waals surface area contributed by atoms with Crippen LogP contribution in [0.3, 0.4) is 0 Å². The van der Waals surface area contributed by atoms with Crippen LogP contribution in [0.15, 0.2) is 46.2 Å². The Morgan fingerprint density at radius 3 is 2.75 bits per heavy atom. The van der Waals surface area contributed by atoms with Crippen LogP contribution < -0.4 is 0 Å². The number of hydrogen-bond acceptors (Lipinski definition) is 2. The van der Waals surface area contributed by atoms with Gasteiger partial charge in [0, 0.05) is 4.90 Å². The van der Waals surface area contributed by atoms with E-state index in [0.717, 1.165) is 17.7 Å². The standard InChI is InChI=1S/C17H17FOS/c1-11(19)15-6-3-7-16(18)17(15)20-14-9-8-12-4-2-5-13(12)10-14/h3,6-11,19H,2,4-5H2,1H3/t11-/m1/s1. The number of halogens is 1. The Hall–Kier alpha value is -1.32. The highest BCUT2D eigenvalue weighted by Gasteiger charge is 2.16. The second-order valence-corrected chi connectivity index (χ2v) is 6.30. The Bertz CT molecular complexity index is 637. The van der Waals surface area contributed by atoms with Gasteiger partial charge >= 0.3 is 0 Å². The van der Waals surface area contributed by atoms with Crippen molar-refractivity contribution >= 4 is 11.8 Å². The SMILES string of the molecule is C[C@@H](O)c1cccc(F)c1Sc1ccc2c(c1)CCC2. The van der Waals surface area contributed by atoms with Crippen molar-refractivity contribution in [2.24, 2.45) is 0 Å². The molecule has 104 valence electrons. The summed E-state index contributed by atoms with van der Waals surface area (Å²) in [6.07, 6.45) is 2.81. The zero-order valence-electron chi connectivity index (χ0n) is 11.4. The van der Waals surface area contributed by atoms with Crippen molar-refractivity contribution in [2.75, 3.05) is 0 Å². The molecule has 0 saturated heterocycles. The van der Waals surface area contributed by atoms with E-state index in [1.807, 2.05) is 6.07 Å². The highest BCUT2D eigenvalue weighted by molar-refractivity contribution is 7.99. The van der Waals surface area contributed by atoms with Gasteiger partial charge in [-0.3, -0.25) is 0 Å². The first kappa shape index (κ1) is 13.7. The molecule has 1 aliphatic rings. The monoisotopic (exact) mass is 288 g/mol. The van der Waals surface area contributed by atoms with E-state index in [1.165, 1.54) is 35.4 Å². The van der Waals surface area contributed by atoms with E-state index in [4.69, 9.17) is 0 Å². The molecule has 0 aromatic heterocycles. The lowest BCUT2D eigenvalue weighted by Crippen LogP contribution is -1.96. The van der Waals surface area contributed by atoms with E-state index in [9.17, 15) is 9.50 Å². The minimum atomic E-state index is -0.664. The Kier molecular flexibility index (Phi) is 3.81. The van der Waals surface area contributed by atoms with Gasteiger partial charge < -0.3 is 5.11 Å². The molecule has 3 heteroatoms. The fourth-order valence-electron chi connectivity index (χ4n) is 2.69. The van der Waals surface area contributed by atoms with Crippen molar-refractivity contribution in [1.82, 2.24) is 0 Å². The highest BCUT2D eigenvalue weighted by atomic mass is 32.2. The lowest BCUT2D eigenvalue weighted by atomic mass is 10.1. The minimum Gasteiger partial charge on any atom is -0.389 e. The smallest absolute Gasteiger partial charge is 0.137 e. The van der Waals surface area contributed by atoms with Crippen LogP contribution >= 0.6 is 11.8 Å². The van der Waals surface area contributed by atoms with E-state index in [2.05, 4.69) is 12.1 Å². The number of hydrogen-bond donors (Lipinski definition) is 1. The zero-order chi connectivity index (χ0) is 14.1. The van der Waals surface area contributed by atoms with E-state index in [0.29, 0.717) is 10.5 Å². The number of aryl methyl sites for hydroxylation is 2. The average molecular weight is 288 g/mol. The van der Waals surface area contributed by atoms with Gasteiger partial charge in [0.2, 0.25) is 0 Å². The first-order valence-electron chi connectivity index (χ1n) is 6.91. The van der Waals surface area contributed by atoms with Crippen molar-refractivity contribution in [3.05, 3.63) is 58.9 Å². The molecule has 2 aromatic rings. The second-order valence-electron chi connectivity index (χ2n) is 5.22. The Labute approximate surface area is 122 Å². The fourth-order valence-corrected chi connectivity index (χ4v) is 3.79. The number of aliphatic hydroxyl groups excluding tert-OH is 1. The van der Waals surface area contributed by atoms with E-state index in [-0.39, 0.29) is 5.82 Å². The van der Waals surface area contributed by atoms with Gasteiger partial charge in [-0.05, 0) is 61.1 Å². The largest absolute Gasteiger partial charge is 0.389 e. The lowest BCUT2D eigenvalue weighted by Gasteiger charge is -2.13. The predicted molar refractivity (Wildman–Crippen MR) is 79.6 cm³/mol. The van der Waals surface area contributed by atoms with Crippen LogP contribution in [0.4, 0.5) is 4.39 Å². The first-order chi connectivity index (χ1) is 9.65. The van der Waals surface area contributed by atoms with Gasteiger partial charge in [0.05, 0.1) is 11.0 Å². The maximum atomic E-state index is 14.0. The third-order valence-corrected chi connectivity index (χ3v) is 4.86. The van der Waals surface area contributed by atoms with Gasteiger partial charge in [-0.2, -0.15) is 0 Å². The van der Waals surface area contributed by atoms with Crippen LogP contribution in [-0.2, 0) is 12.8 Å². The predicted octanol–water partition coefficient (Wildman–Crippen LogP) is 4.52. The quantitative estimate of drug-likeness (QED) is 0.896. The summed E-state index contributed by atoms with van der Waals surface area (Å²) in [7, 11) is 0. The number of fused-ring (bicyclic) bond motifs is 1. The van der Waals surface area contributed by atoms with Gasteiger partial charge in [-0.15, -0.1) is 0 Å². The number of rotatable bonds is 3. The summed E-state index contributed by atoms with van der Waals surface area (Å²) in [5.41, 5.74) is 3.44. The van der Waals surface area contributed by atoms with Crippen LogP contribution in [0.2, 0.25) is 0 Å². The molecule has 0 aliphatic heterocycles. The van der Waals surface area contributed by atoms with E-state index in [1.54, 1.807) is 19.1 Å². The topological polar surface area (TPSA) is 20.2 Å². The molecule has 1 N–H and O–H groups in total. The molecule has 2 aromatic carbocycles. The van der Waals surface area contributed by atoms with Crippen LogP contribution in [0.5, 0.6) is 0 Å². The van der Waals surface area contributed by atoms with Gasteiger partial charge in [0.25, 0.3) is 0 Å². The van der Waals surface area contributed by atoms with Crippen molar-refractivity contribution < 1.29 is 9.50 Å². The maximum absolute atomic E-state index is 14.0. The van der Waals surface area contributed by atoms with Crippen molar-refractivity contribution in [1.29, 1.82) is 0 Å². The summed E-state index contributed by atoms with van der Waals surface area (Å²) in [5, 5.41) is 9.78. The minimum absolute atomic E-state index is 0.270. The summed E-state index contributed by atoms with van der Waals surface area (Å²) in [6, 6.07) is 11.2. The second kappa shape index (κ2) is 5.58. The van der Waals surface area contributed by atoms with Crippen molar-refractivity contribution in [2.45, 2.75) is 42.1 Å². The van der Waals surface area contributed by atoms with Gasteiger partial charge in [0.15, 0.2) is 0 Å². The molecule has 3 rings (SSSR count). The molecule has 1 aliphatic carbocycles. The zero-order valence-corrected chi connectivity index (χ0v) is 12.2. The molecule has 1 nitrogen and oxygen atoms in total. The van der Waals surface area contributed by atoms with Gasteiger partial charge in [0.1, 0.15) is 5.82 Å². The summed E-state index contributed by atoms with van der Waals surface area (Å²) >= 11 is 1.40. The summed E-state index contributed by atoms with van der Waals surface area (Å²) in [5.74, 6) is -0.270. The van der Waals surface area contributed by atoms with Crippen molar-refractivity contribution in [3.63, 3.8) is 0 Å². The third-order valence-electron chi connectivity index (χ3n) is 3.74. The summed E-state index contributed by atoms with van der Waals surface area (Å²) in [4.78, 5) is 1.57. The molecule has 0 spiro atoms. The number of aliphatic hydroxyl groups is 1. The molecular formula is C17H17FOS. The van der Waals surface area contributed by atoms with E-state index >= 15 is 0 Å². The molecule has 0 unspecified atom stereocenters. The molecule has 0 bridgehead atoms. The van der Waals surface area contributed by atoms with Crippen LogP contribution in [-0.4, -0.2) is 5.11 Å². The summed E-state index contributed by atoms with van der Waals surface area (Å²) < 4.78 is 14.0. The van der Waals surface area contributed by atoms with E-state index < -0.39 is 6.10 Å². The molecule has 0 saturated carbocycles. The van der Waals surface area contributed by atoms with Crippen LogP contribution in [0.1, 0.15) is 36.1 Å². The highest BCUT2D eigenvalue weighted by Crippen LogP contribution is 2.37.